The van der Waals surface area contributed by atoms with Gasteiger partial charge < -0.3 is 4.74 Å². The molecule has 1 aliphatic carbocycles. The van der Waals surface area contributed by atoms with Crippen LogP contribution in [0.25, 0.3) is 17.0 Å². The number of halogens is 1. The summed E-state index contributed by atoms with van der Waals surface area (Å²) in [6.07, 6.45) is 21.2. The molecule has 6 nitrogen and oxygen atoms in total. The Morgan fingerprint density at radius 2 is 2.05 bits per heavy atom. The first kappa shape index (κ1) is 27.4. The van der Waals surface area contributed by atoms with E-state index in [1.165, 1.54) is 6.07 Å². The summed E-state index contributed by atoms with van der Waals surface area (Å²) < 4.78 is 19.1. The number of aromatic amines is 1. The highest BCUT2D eigenvalue weighted by molar-refractivity contribution is 5.93. The molecule has 39 heavy (non-hydrogen) atoms. The summed E-state index contributed by atoms with van der Waals surface area (Å²) in [4.78, 5) is 21.0. The normalized spacial score (nSPS) is 19.9. The van der Waals surface area contributed by atoms with Gasteiger partial charge >= 0.3 is 5.97 Å². The molecule has 4 rings (SSSR count). The highest BCUT2D eigenvalue weighted by Crippen LogP contribution is 2.30. The van der Waals surface area contributed by atoms with Gasteiger partial charge in [0.1, 0.15) is 5.82 Å². The zero-order valence-electron chi connectivity index (χ0n) is 22.5. The van der Waals surface area contributed by atoms with E-state index in [1.807, 2.05) is 69.4 Å². The minimum Gasteiger partial charge on any atom is -0.460 e. The van der Waals surface area contributed by atoms with E-state index in [4.69, 9.17) is 4.74 Å². The maximum Gasteiger partial charge on any atom is 0.336 e. The van der Waals surface area contributed by atoms with E-state index in [9.17, 15) is 9.18 Å². The van der Waals surface area contributed by atoms with Crippen LogP contribution in [0.5, 0.6) is 0 Å². The number of carbonyl (C=O) groups is 1. The molecule has 1 N–H and O–H groups in total. The topological polar surface area (TPSA) is 80.2 Å². The number of hydrogen-bond donors (Lipinski definition) is 1. The van der Waals surface area contributed by atoms with Gasteiger partial charge in [-0.2, -0.15) is 5.10 Å². The fraction of sp³-hybridized carbons (Fsp3) is 0.188. The van der Waals surface area contributed by atoms with E-state index >= 15 is 0 Å². The van der Waals surface area contributed by atoms with Gasteiger partial charge in [-0.05, 0) is 80.2 Å². The Morgan fingerprint density at radius 3 is 2.79 bits per heavy atom. The highest BCUT2D eigenvalue weighted by Gasteiger charge is 2.16. The SMILES string of the molecule is C=C1\C=C/C(c2cn[nH]c2-c2ccc(F)c(C)n2)=C/C=C/C1=C/C(=C\C)C1=CCC(C(=O)OC(C)C)=CN=C1. The molecule has 1 aliphatic heterocycles. The van der Waals surface area contributed by atoms with Crippen LogP contribution in [0.2, 0.25) is 0 Å². The summed E-state index contributed by atoms with van der Waals surface area (Å²) in [6.45, 7) is 11.5. The lowest BCUT2D eigenvalue weighted by Gasteiger charge is -2.10. The second-order valence-electron chi connectivity index (χ2n) is 9.36. The Labute approximate surface area is 228 Å². The zero-order chi connectivity index (χ0) is 27.9. The quantitative estimate of drug-likeness (QED) is 0.411. The fourth-order valence-corrected chi connectivity index (χ4v) is 4.06. The van der Waals surface area contributed by atoms with E-state index in [-0.39, 0.29) is 17.9 Å². The highest BCUT2D eigenvalue weighted by atomic mass is 19.1. The minimum absolute atomic E-state index is 0.187. The Kier molecular flexibility index (Phi) is 8.61. The molecule has 0 aromatic carbocycles. The molecule has 0 amide bonds. The van der Waals surface area contributed by atoms with Crippen LogP contribution in [-0.4, -0.2) is 33.5 Å². The molecule has 7 heteroatoms. The number of aromatic nitrogens is 3. The number of hydrogen-bond acceptors (Lipinski definition) is 5. The number of esters is 1. The maximum absolute atomic E-state index is 13.7. The summed E-state index contributed by atoms with van der Waals surface area (Å²) in [5.74, 6) is -0.699. The van der Waals surface area contributed by atoms with Crippen LogP contribution in [0.4, 0.5) is 4.39 Å². The third-order valence-corrected chi connectivity index (χ3v) is 6.16. The Balaban J connectivity index is 1.57. The summed E-state index contributed by atoms with van der Waals surface area (Å²) in [6, 6.07) is 3.04. The van der Waals surface area contributed by atoms with Gasteiger partial charge in [-0.25, -0.2) is 14.2 Å². The number of carbonyl (C=O) groups excluding carboxylic acids is 1. The van der Waals surface area contributed by atoms with Crippen molar-refractivity contribution in [3.05, 3.63) is 125 Å². The van der Waals surface area contributed by atoms with Crippen molar-refractivity contribution in [1.82, 2.24) is 15.2 Å². The maximum atomic E-state index is 13.7. The molecule has 0 bridgehead atoms. The number of nitrogens with one attached hydrogen (secondary N) is 1. The molecule has 0 radical (unpaired) electrons. The molecule has 0 unspecified atom stereocenters. The number of aryl methyl sites for hydroxylation is 1. The van der Waals surface area contributed by atoms with Crippen LogP contribution < -0.4 is 0 Å². The lowest BCUT2D eigenvalue weighted by molar-refractivity contribution is -0.142. The van der Waals surface area contributed by atoms with Crippen LogP contribution >= 0.6 is 0 Å². The predicted octanol–water partition coefficient (Wildman–Crippen LogP) is 7.09. The predicted molar refractivity (Wildman–Crippen MR) is 154 cm³/mol. The van der Waals surface area contributed by atoms with Gasteiger partial charge in [0, 0.05) is 18.0 Å². The molecule has 2 aliphatic rings. The van der Waals surface area contributed by atoms with Crippen molar-refractivity contribution in [3.63, 3.8) is 0 Å². The second-order valence-corrected chi connectivity index (χ2v) is 9.36. The molecule has 2 aromatic rings. The van der Waals surface area contributed by atoms with Crippen molar-refractivity contribution in [2.45, 2.75) is 40.2 Å². The third-order valence-electron chi connectivity index (χ3n) is 6.16. The van der Waals surface area contributed by atoms with Crippen molar-refractivity contribution in [1.29, 1.82) is 0 Å². The van der Waals surface area contributed by atoms with Gasteiger partial charge in [0.05, 0.1) is 35.0 Å². The van der Waals surface area contributed by atoms with Gasteiger partial charge in [-0.1, -0.05) is 49.1 Å². The zero-order valence-corrected chi connectivity index (χ0v) is 22.5. The van der Waals surface area contributed by atoms with Crippen LogP contribution in [0.15, 0.2) is 113 Å². The Bertz CT molecular complexity index is 1540. The summed E-state index contributed by atoms with van der Waals surface area (Å²) in [7, 11) is 0. The fourth-order valence-electron chi connectivity index (χ4n) is 4.06. The first-order chi connectivity index (χ1) is 18.8. The number of nitrogens with zero attached hydrogens (tertiary/aromatic N) is 3. The number of ether oxygens (including phenoxy) is 1. The summed E-state index contributed by atoms with van der Waals surface area (Å²) in [5.41, 5.74) is 7.55. The van der Waals surface area contributed by atoms with Gasteiger partial charge in [0.15, 0.2) is 0 Å². The summed E-state index contributed by atoms with van der Waals surface area (Å²) >= 11 is 0. The average molecular weight is 523 g/mol. The van der Waals surface area contributed by atoms with Gasteiger partial charge in [-0.3, -0.25) is 10.1 Å². The molecule has 0 fully saturated rings. The van der Waals surface area contributed by atoms with E-state index in [0.29, 0.717) is 29.1 Å². The largest absolute Gasteiger partial charge is 0.460 e. The molecule has 0 saturated carbocycles. The molecule has 3 heterocycles. The summed E-state index contributed by atoms with van der Waals surface area (Å²) in [5, 5.41) is 7.19. The molecule has 198 valence electrons. The molecule has 2 aromatic heterocycles. The number of H-pyrrole nitrogens is 1. The first-order valence-corrected chi connectivity index (χ1v) is 12.7. The van der Waals surface area contributed by atoms with Crippen LogP contribution in [0.3, 0.4) is 0 Å². The molecule has 0 saturated heterocycles. The van der Waals surface area contributed by atoms with Crippen molar-refractivity contribution >= 4 is 17.8 Å². The van der Waals surface area contributed by atoms with Crippen LogP contribution in [-0.2, 0) is 9.53 Å². The lowest BCUT2D eigenvalue weighted by atomic mass is 9.95. The van der Waals surface area contributed by atoms with Crippen molar-refractivity contribution in [3.8, 4) is 11.4 Å². The van der Waals surface area contributed by atoms with Gasteiger partial charge in [0.25, 0.3) is 0 Å². The van der Waals surface area contributed by atoms with Gasteiger partial charge in [0.2, 0.25) is 0 Å². The molecule has 0 spiro atoms. The Morgan fingerprint density at radius 1 is 1.23 bits per heavy atom. The number of pyridine rings is 1. The number of rotatable bonds is 6. The van der Waals surface area contributed by atoms with Crippen molar-refractivity contribution < 1.29 is 13.9 Å². The number of aliphatic imine (C=N–C) groups is 1. The van der Waals surface area contributed by atoms with Crippen LogP contribution in [0, 0.1) is 12.7 Å². The average Bonchev–Trinajstić information content (AvgIpc) is 3.25. The molecular formula is C32H31FN4O2. The van der Waals surface area contributed by atoms with E-state index in [2.05, 4.69) is 26.8 Å². The minimum atomic E-state index is -0.352. The lowest BCUT2D eigenvalue weighted by Crippen LogP contribution is -2.13. The van der Waals surface area contributed by atoms with Crippen molar-refractivity contribution in [2.75, 3.05) is 0 Å². The van der Waals surface area contributed by atoms with Crippen LogP contribution in [0.1, 0.15) is 38.4 Å². The van der Waals surface area contributed by atoms with E-state index < -0.39 is 0 Å². The van der Waals surface area contributed by atoms with Crippen molar-refractivity contribution in [2.24, 2.45) is 4.99 Å². The standard InChI is InChI=1S/C32H31FN4O2/c1-6-23(26-12-13-27(18-34-17-26)32(38)39-20(2)3)16-25-9-7-8-24(11-10-21(25)4)28-19-35-37-31(28)30-15-14-29(33)22(5)36-30/h6-12,14-20H,4,13H2,1-3,5H3,(H,35,37)/b9-7+,11-10-,23-6+,24-8-,25-16-. The molecule has 0 atom stereocenters. The molecular weight excluding hydrogens is 491 g/mol. The monoisotopic (exact) mass is 522 g/mol. The second kappa shape index (κ2) is 12.3. The van der Waals surface area contributed by atoms with E-state index in [0.717, 1.165) is 33.4 Å². The third kappa shape index (κ3) is 6.62. The van der Waals surface area contributed by atoms with E-state index in [1.54, 1.807) is 31.6 Å². The first-order valence-electron chi connectivity index (χ1n) is 12.7. The smallest absolute Gasteiger partial charge is 0.336 e. The Hall–Kier alpha value is -4.65. The van der Waals surface area contributed by atoms with Gasteiger partial charge in [-0.15, -0.1) is 0 Å². The number of allylic oxidation sites excluding steroid dienone is 13.